The van der Waals surface area contributed by atoms with Crippen molar-refractivity contribution in [2.75, 3.05) is 9.44 Å². The number of sulfonamides is 2. The maximum Gasteiger partial charge on any atom is 0.262 e. The van der Waals surface area contributed by atoms with E-state index in [9.17, 15) is 16.8 Å². The molecule has 6 nitrogen and oxygen atoms in total. The largest absolute Gasteiger partial charge is 0.280 e. The molecular weight excluding hydrogens is 443 g/mol. The summed E-state index contributed by atoms with van der Waals surface area (Å²) in [6, 6.07) is 17.5. The summed E-state index contributed by atoms with van der Waals surface area (Å²) in [5.41, 5.74) is 0.302. The van der Waals surface area contributed by atoms with Crippen molar-refractivity contribution in [3.63, 3.8) is 0 Å². The summed E-state index contributed by atoms with van der Waals surface area (Å²) in [4.78, 5) is -0.166. The highest BCUT2D eigenvalue weighted by Crippen LogP contribution is 2.26. The van der Waals surface area contributed by atoms with Crippen LogP contribution in [-0.4, -0.2) is 16.8 Å². The van der Waals surface area contributed by atoms with Crippen LogP contribution in [0.3, 0.4) is 0 Å². The van der Waals surface area contributed by atoms with Gasteiger partial charge in [0.25, 0.3) is 20.0 Å². The molecule has 2 N–H and O–H groups in total. The molecule has 0 atom stereocenters. The molecule has 0 saturated heterocycles. The fourth-order valence-corrected chi connectivity index (χ4v) is 5.04. The summed E-state index contributed by atoms with van der Waals surface area (Å²) in [5.74, 6) is 0. The maximum atomic E-state index is 12.6. The van der Waals surface area contributed by atoms with Gasteiger partial charge in [-0.25, -0.2) is 16.8 Å². The second-order valence-corrected chi connectivity index (χ2v) is 9.88. The van der Waals surface area contributed by atoms with Crippen LogP contribution in [0.1, 0.15) is 0 Å². The van der Waals surface area contributed by atoms with Crippen LogP contribution in [0, 0.1) is 0 Å². The van der Waals surface area contributed by atoms with Gasteiger partial charge in [-0.05, 0) is 48.5 Å². The molecule has 0 bridgehead atoms. The van der Waals surface area contributed by atoms with E-state index in [4.69, 9.17) is 23.2 Å². The molecule has 0 saturated carbocycles. The number of hydrogen-bond donors (Lipinski definition) is 2. The SMILES string of the molecule is O=S(=O)(Nc1cccc(S(=O)(=O)Nc2ccccc2Cl)c1)c1cccc(Cl)c1. The zero-order chi connectivity index (χ0) is 20.4. The first-order valence-corrected chi connectivity index (χ1v) is 11.6. The van der Waals surface area contributed by atoms with Crippen molar-refractivity contribution in [2.24, 2.45) is 0 Å². The molecular formula is C18H14Cl2N2O4S2. The molecule has 0 radical (unpaired) electrons. The molecule has 28 heavy (non-hydrogen) atoms. The zero-order valence-electron chi connectivity index (χ0n) is 14.1. The Morgan fingerprint density at radius 2 is 1.25 bits per heavy atom. The molecule has 0 aliphatic carbocycles. The molecule has 0 aliphatic rings. The fraction of sp³-hybridized carbons (Fsp3) is 0. The van der Waals surface area contributed by atoms with E-state index in [1.54, 1.807) is 24.3 Å². The summed E-state index contributed by atoms with van der Waals surface area (Å²) >= 11 is 11.8. The third-order valence-electron chi connectivity index (χ3n) is 3.62. The molecule has 0 aliphatic heterocycles. The van der Waals surface area contributed by atoms with Crippen LogP contribution in [0.4, 0.5) is 11.4 Å². The van der Waals surface area contributed by atoms with E-state index in [1.165, 1.54) is 48.5 Å². The second-order valence-electron chi connectivity index (χ2n) is 5.68. The van der Waals surface area contributed by atoms with Gasteiger partial charge in [0.15, 0.2) is 0 Å². The van der Waals surface area contributed by atoms with Gasteiger partial charge in [0.2, 0.25) is 0 Å². The van der Waals surface area contributed by atoms with E-state index in [1.807, 2.05) is 0 Å². The van der Waals surface area contributed by atoms with Crippen LogP contribution in [0.25, 0.3) is 0 Å². The van der Waals surface area contributed by atoms with E-state index in [2.05, 4.69) is 9.44 Å². The van der Waals surface area contributed by atoms with Gasteiger partial charge < -0.3 is 0 Å². The van der Waals surface area contributed by atoms with E-state index < -0.39 is 20.0 Å². The molecule has 0 spiro atoms. The number of hydrogen-bond acceptors (Lipinski definition) is 4. The fourth-order valence-electron chi connectivity index (χ4n) is 2.32. The van der Waals surface area contributed by atoms with Gasteiger partial charge >= 0.3 is 0 Å². The minimum atomic E-state index is -3.98. The average molecular weight is 457 g/mol. The normalized spacial score (nSPS) is 11.8. The van der Waals surface area contributed by atoms with Gasteiger partial charge in [0.05, 0.1) is 26.2 Å². The predicted octanol–water partition coefficient (Wildman–Crippen LogP) is 4.60. The monoisotopic (exact) mass is 456 g/mol. The number of anilines is 2. The van der Waals surface area contributed by atoms with Crippen molar-refractivity contribution >= 4 is 54.6 Å². The Morgan fingerprint density at radius 3 is 1.93 bits per heavy atom. The van der Waals surface area contributed by atoms with Gasteiger partial charge in [-0.1, -0.05) is 47.5 Å². The van der Waals surface area contributed by atoms with E-state index in [-0.39, 0.29) is 31.2 Å². The first kappa shape index (κ1) is 20.5. The van der Waals surface area contributed by atoms with Gasteiger partial charge in [-0.15, -0.1) is 0 Å². The van der Waals surface area contributed by atoms with Crippen LogP contribution in [0.5, 0.6) is 0 Å². The van der Waals surface area contributed by atoms with Crippen LogP contribution in [-0.2, 0) is 20.0 Å². The van der Waals surface area contributed by atoms with Gasteiger partial charge in [0.1, 0.15) is 0 Å². The molecule has 0 aromatic heterocycles. The highest BCUT2D eigenvalue weighted by molar-refractivity contribution is 7.93. The summed E-state index contributed by atoms with van der Waals surface area (Å²) < 4.78 is 55.0. The number of nitrogens with one attached hydrogen (secondary N) is 2. The van der Waals surface area contributed by atoms with Crippen molar-refractivity contribution in [3.05, 3.63) is 82.8 Å². The highest BCUT2D eigenvalue weighted by Gasteiger charge is 2.19. The molecule has 0 heterocycles. The molecule has 0 unspecified atom stereocenters. The van der Waals surface area contributed by atoms with Crippen LogP contribution in [0.2, 0.25) is 10.0 Å². The first-order valence-electron chi connectivity index (χ1n) is 7.83. The van der Waals surface area contributed by atoms with Crippen molar-refractivity contribution in [2.45, 2.75) is 9.79 Å². The summed E-state index contributed by atoms with van der Waals surface area (Å²) in [6.45, 7) is 0. The van der Waals surface area contributed by atoms with E-state index >= 15 is 0 Å². The lowest BCUT2D eigenvalue weighted by molar-refractivity contribution is 0.598. The lowest BCUT2D eigenvalue weighted by Gasteiger charge is -2.12. The molecule has 0 fully saturated rings. The lowest BCUT2D eigenvalue weighted by atomic mass is 10.3. The zero-order valence-corrected chi connectivity index (χ0v) is 17.3. The highest BCUT2D eigenvalue weighted by atomic mass is 35.5. The Hall–Kier alpha value is -2.26. The van der Waals surface area contributed by atoms with E-state index in [0.29, 0.717) is 0 Å². The molecule has 3 aromatic rings. The Kier molecular flexibility index (Phi) is 5.85. The van der Waals surface area contributed by atoms with Crippen LogP contribution >= 0.6 is 23.2 Å². The van der Waals surface area contributed by atoms with Crippen LogP contribution < -0.4 is 9.44 Å². The van der Waals surface area contributed by atoms with Gasteiger partial charge in [0, 0.05) is 5.02 Å². The van der Waals surface area contributed by atoms with E-state index in [0.717, 1.165) is 0 Å². The molecule has 10 heteroatoms. The number of benzene rings is 3. The quantitative estimate of drug-likeness (QED) is 0.566. The molecule has 3 aromatic carbocycles. The topological polar surface area (TPSA) is 92.3 Å². The second kappa shape index (κ2) is 8.00. The number of rotatable bonds is 6. The van der Waals surface area contributed by atoms with Crippen LogP contribution in [0.15, 0.2) is 82.6 Å². The molecule has 0 amide bonds. The average Bonchev–Trinajstić information content (AvgIpc) is 2.63. The number of para-hydroxylation sites is 1. The van der Waals surface area contributed by atoms with Crippen molar-refractivity contribution < 1.29 is 16.8 Å². The Labute approximate surface area is 173 Å². The Morgan fingerprint density at radius 1 is 0.643 bits per heavy atom. The lowest BCUT2D eigenvalue weighted by Crippen LogP contribution is -2.15. The Balaban J connectivity index is 1.89. The molecule has 3 rings (SSSR count). The summed E-state index contributed by atoms with van der Waals surface area (Å²) in [5, 5.41) is 0.507. The van der Waals surface area contributed by atoms with Gasteiger partial charge in [-0.3, -0.25) is 9.44 Å². The minimum Gasteiger partial charge on any atom is -0.280 e. The maximum absolute atomic E-state index is 12.6. The third kappa shape index (κ3) is 4.77. The van der Waals surface area contributed by atoms with Crippen molar-refractivity contribution in [1.82, 2.24) is 0 Å². The van der Waals surface area contributed by atoms with Gasteiger partial charge in [-0.2, -0.15) is 0 Å². The third-order valence-corrected chi connectivity index (χ3v) is 6.93. The van der Waals surface area contributed by atoms with Crippen molar-refractivity contribution in [1.29, 1.82) is 0 Å². The summed E-state index contributed by atoms with van der Waals surface area (Å²) in [6.07, 6.45) is 0. The first-order chi connectivity index (χ1) is 13.2. The molecule has 146 valence electrons. The minimum absolute atomic E-state index is 0.0394. The number of halogens is 2. The smallest absolute Gasteiger partial charge is 0.262 e. The standard InChI is InChI=1S/C18H14Cl2N2O4S2/c19-13-5-3-7-15(11-13)27(23,24)21-14-6-4-8-16(12-14)28(25,26)22-18-10-2-1-9-17(18)20/h1-12,21-22H. The summed E-state index contributed by atoms with van der Waals surface area (Å²) in [7, 11) is -7.91. The Bertz CT molecular complexity index is 1230. The predicted molar refractivity (Wildman–Crippen MR) is 111 cm³/mol. The van der Waals surface area contributed by atoms with Crippen molar-refractivity contribution in [3.8, 4) is 0 Å².